The van der Waals surface area contributed by atoms with Gasteiger partial charge in [-0.3, -0.25) is 9.59 Å². The highest BCUT2D eigenvalue weighted by Crippen LogP contribution is 2.15. The summed E-state index contributed by atoms with van der Waals surface area (Å²) in [5.74, 6) is -1.64. The van der Waals surface area contributed by atoms with Crippen LogP contribution < -0.4 is 5.32 Å². The van der Waals surface area contributed by atoms with Crippen molar-refractivity contribution in [3.05, 3.63) is 0 Å². The summed E-state index contributed by atoms with van der Waals surface area (Å²) in [7, 11) is 0. The first-order valence-electron chi connectivity index (χ1n) is 6.23. The Labute approximate surface area is 102 Å². The molecule has 0 aromatic rings. The molecule has 1 aliphatic heterocycles. The molecule has 5 heteroatoms. The maximum absolute atomic E-state index is 11.4. The van der Waals surface area contributed by atoms with Crippen molar-refractivity contribution in [2.75, 3.05) is 26.2 Å². The predicted molar refractivity (Wildman–Crippen MR) is 64.6 cm³/mol. The molecule has 0 aromatic carbocycles. The van der Waals surface area contributed by atoms with Crippen molar-refractivity contribution in [2.45, 2.75) is 26.7 Å². The Bertz CT molecular complexity index is 273. The molecule has 17 heavy (non-hydrogen) atoms. The second-order valence-electron chi connectivity index (χ2n) is 4.88. The van der Waals surface area contributed by atoms with Crippen LogP contribution >= 0.6 is 0 Å². The smallest absolute Gasteiger partial charge is 0.315 e. The van der Waals surface area contributed by atoms with Crippen molar-refractivity contribution in [3.8, 4) is 0 Å². The monoisotopic (exact) mass is 242 g/mol. The van der Waals surface area contributed by atoms with Gasteiger partial charge in [0.1, 0.15) is 5.92 Å². The first-order valence-corrected chi connectivity index (χ1v) is 6.23. The van der Waals surface area contributed by atoms with Crippen LogP contribution in [-0.4, -0.2) is 48.1 Å². The Balaban J connectivity index is 2.15. The van der Waals surface area contributed by atoms with E-state index in [2.05, 4.69) is 17.1 Å². The van der Waals surface area contributed by atoms with Crippen LogP contribution in [0.4, 0.5) is 0 Å². The third-order valence-corrected chi connectivity index (χ3v) is 3.37. The summed E-state index contributed by atoms with van der Waals surface area (Å²) in [4.78, 5) is 24.2. The van der Waals surface area contributed by atoms with Gasteiger partial charge in [0.05, 0.1) is 0 Å². The van der Waals surface area contributed by atoms with E-state index in [0.29, 0.717) is 6.54 Å². The topological polar surface area (TPSA) is 69.6 Å². The lowest BCUT2D eigenvalue weighted by molar-refractivity contribution is -0.146. The molecule has 1 aliphatic rings. The number of piperidine rings is 1. The number of carbonyl (C=O) groups is 2. The van der Waals surface area contributed by atoms with E-state index in [1.54, 1.807) is 0 Å². The highest BCUT2D eigenvalue weighted by Gasteiger charge is 2.20. The number of hydrogen-bond donors (Lipinski definition) is 2. The van der Waals surface area contributed by atoms with Crippen molar-refractivity contribution >= 4 is 11.9 Å². The molecule has 0 bridgehead atoms. The first-order chi connectivity index (χ1) is 8.00. The number of carbonyl (C=O) groups excluding carboxylic acids is 1. The number of nitrogens with zero attached hydrogens (tertiary/aromatic N) is 1. The van der Waals surface area contributed by atoms with Gasteiger partial charge in [0, 0.05) is 13.1 Å². The molecule has 0 saturated carbocycles. The fourth-order valence-electron chi connectivity index (χ4n) is 1.89. The lowest BCUT2D eigenvalue weighted by atomic mass is 9.99. The molecule has 1 rings (SSSR count). The van der Waals surface area contributed by atoms with Crippen LogP contribution in [0.3, 0.4) is 0 Å². The Hall–Kier alpha value is -1.10. The second-order valence-corrected chi connectivity index (χ2v) is 4.88. The molecule has 98 valence electrons. The molecule has 0 aliphatic carbocycles. The number of carboxylic acid groups (broad SMARTS) is 1. The molecular weight excluding hydrogens is 220 g/mol. The molecular formula is C12H22N2O3. The third kappa shape index (κ3) is 4.73. The van der Waals surface area contributed by atoms with Gasteiger partial charge >= 0.3 is 5.97 Å². The van der Waals surface area contributed by atoms with Crippen LogP contribution in [0.5, 0.6) is 0 Å². The van der Waals surface area contributed by atoms with Crippen molar-refractivity contribution in [1.82, 2.24) is 10.2 Å². The zero-order chi connectivity index (χ0) is 12.8. The molecule has 1 amide bonds. The van der Waals surface area contributed by atoms with Gasteiger partial charge in [-0.1, -0.05) is 6.92 Å². The SMILES string of the molecule is CC1CCN(CCNC(=O)C(C)C(=O)O)CC1. The molecule has 2 N–H and O–H groups in total. The lowest BCUT2D eigenvalue weighted by Gasteiger charge is -2.30. The van der Waals surface area contributed by atoms with E-state index in [1.807, 2.05) is 0 Å². The van der Waals surface area contributed by atoms with Gasteiger partial charge < -0.3 is 15.3 Å². The van der Waals surface area contributed by atoms with E-state index < -0.39 is 17.8 Å². The number of likely N-dealkylation sites (tertiary alicyclic amines) is 1. The van der Waals surface area contributed by atoms with Crippen LogP contribution in [-0.2, 0) is 9.59 Å². The number of aliphatic carboxylic acids is 1. The number of amides is 1. The Morgan fingerprint density at radius 2 is 2.00 bits per heavy atom. The highest BCUT2D eigenvalue weighted by atomic mass is 16.4. The van der Waals surface area contributed by atoms with Gasteiger partial charge in [0.25, 0.3) is 0 Å². The summed E-state index contributed by atoms with van der Waals surface area (Å²) in [6.07, 6.45) is 2.42. The Morgan fingerprint density at radius 3 is 2.53 bits per heavy atom. The van der Waals surface area contributed by atoms with Gasteiger partial charge in [-0.2, -0.15) is 0 Å². The van der Waals surface area contributed by atoms with E-state index in [4.69, 9.17) is 5.11 Å². The summed E-state index contributed by atoms with van der Waals surface area (Å²) in [5.41, 5.74) is 0. The van der Waals surface area contributed by atoms with Crippen LogP contribution in [0.1, 0.15) is 26.7 Å². The molecule has 0 spiro atoms. The number of carboxylic acids is 1. The maximum Gasteiger partial charge on any atom is 0.315 e. The molecule has 0 aromatic heterocycles. The van der Waals surface area contributed by atoms with Crippen LogP contribution in [0.25, 0.3) is 0 Å². The fraction of sp³-hybridized carbons (Fsp3) is 0.833. The first kappa shape index (κ1) is 14.0. The van der Waals surface area contributed by atoms with Crippen LogP contribution in [0, 0.1) is 11.8 Å². The lowest BCUT2D eigenvalue weighted by Crippen LogP contribution is -2.41. The van der Waals surface area contributed by atoms with Gasteiger partial charge in [0.2, 0.25) is 5.91 Å². The molecule has 0 radical (unpaired) electrons. The zero-order valence-corrected chi connectivity index (χ0v) is 10.6. The largest absolute Gasteiger partial charge is 0.481 e. The molecule has 1 atom stereocenters. The van der Waals surface area contributed by atoms with Crippen molar-refractivity contribution < 1.29 is 14.7 Å². The summed E-state index contributed by atoms with van der Waals surface area (Å²) < 4.78 is 0. The van der Waals surface area contributed by atoms with E-state index >= 15 is 0 Å². The van der Waals surface area contributed by atoms with Crippen molar-refractivity contribution in [2.24, 2.45) is 11.8 Å². The number of hydrogen-bond acceptors (Lipinski definition) is 3. The van der Waals surface area contributed by atoms with E-state index in [-0.39, 0.29) is 0 Å². The quantitative estimate of drug-likeness (QED) is 0.691. The van der Waals surface area contributed by atoms with Crippen LogP contribution in [0.2, 0.25) is 0 Å². The van der Waals surface area contributed by atoms with Gasteiger partial charge in [-0.05, 0) is 38.8 Å². The minimum Gasteiger partial charge on any atom is -0.481 e. The van der Waals surface area contributed by atoms with Crippen LogP contribution in [0.15, 0.2) is 0 Å². The van der Waals surface area contributed by atoms with Gasteiger partial charge in [-0.15, -0.1) is 0 Å². The maximum atomic E-state index is 11.4. The van der Waals surface area contributed by atoms with E-state index in [1.165, 1.54) is 19.8 Å². The average molecular weight is 242 g/mol. The summed E-state index contributed by atoms with van der Waals surface area (Å²) >= 11 is 0. The van der Waals surface area contributed by atoms with Gasteiger partial charge in [-0.25, -0.2) is 0 Å². The molecule has 1 saturated heterocycles. The summed E-state index contributed by atoms with van der Waals surface area (Å²) in [5, 5.41) is 11.3. The molecule has 1 heterocycles. The summed E-state index contributed by atoms with van der Waals surface area (Å²) in [6, 6.07) is 0. The van der Waals surface area contributed by atoms with Gasteiger partial charge in [0.15, 0.2) is 0 Å². The molecule has 5 nitrogen and oxygen atoms in total. The van der Waals surface area contributed by atoms with E-state index in [9.17, 15) is 9.59 Å². The van der Waals surface area contributed by atoms with E-state index in [0.717, 1.165) is 25.6 Å². The Morgan fingerprint density at radius 1 is 1.41 bits per heavy atom. The Kier molecular flexibility index (Phi) is 5.41. The minimum atomic E-state index is -1.07. The van der Waals surface area contributed by atoms with Crippen molar-refractivity contribution in [3.63, 3.8) is 0 Å². The summed E-state index contributed by atoms with van der Waals surface area (Å²) in [6.45, 7) is 7.15. The zero-order valence-electron chi connectivity index (χ0n) is 10.6. The minimum absolute atomic E-state index is 0.400. The number of nitrogens with one attached hydrogen (secondary N) is 1. The highest BCUT2D eigenvalue weighted by molar-refractivity contribution is 5.96. The second kappa shape index (κ2) is 6.59. The molecule has 1 unspecified atom stereocenters. The number of rotatable bonds is 5. The third-order valence-electron chi connectivity index (χ3n) is 3.37. The normalized spacial score (nSPS) is 19.9. The fourth-order valence-corrected chi connectivity index (χ4v) is 1.89. The predicted octanol–water partition coefficient (Wildman–Crippen LogP) is 0.555. The molecule has 1 fully saturated rings. The van der Waals surface area contributed by atoms with Crippen molar-refractivity contribution in [1.29, 1.82) is 0 Å². The average Bonchev–Trinajstić information content (AvgIpc) is 2.30. The standard InChI is InChI=1S/C12H22N2O3/c1-9-3-6-14(7-4-9)8-5-13-11(15)10(2)12(16)17/h9-10H,3-8H2,1-2H3,(H,13,15)(H,16,17).